The third-order valence-electron chi connectivity index (χ3n) is 2.92. The SMILES string of the molecule is Cc1ccc(C(C)NS(=O)(=O)c2cccnc2Cl)cc1. The van der Waals surface area contributed by atoms with Crippen LogP contribution in [0.1, 0.15) is 24.1 Å². The van der Waals surface area contributed by atoms with Crippen molar-refractivity contribution in [1.82, 2.24) is 9.71 Å². The normalized spacial score (nSPS) is 13.2. The topological polar surface area (TPSA) is 59.1 Å². The first-order valence-corrected chi connectivity index (χ1v) is 7.95. The highest BCUT2D eigenvalue weighted by Crippen LogP contribution is 2.21. The Balaban J connectivity index is 2.24. The van der Waals surface area contributed by atoms with E-state index in [0.29, 0.717) is 0 Å². The average Bonchev–Trinajstić information content (AvgIpc) is 2.39. The van der Waals surface area contributed by atoms with E-state index in [1.165, 1.54) is 18.3 Å². The first kappa shape index (κ1) is 15.0. The van der Waals surface area contributed by atoms with E-state index in [1.807, 2.05) is 31.2 Å². The van der Waals surface area contributed by atoms with Crippen LogP contribution in [-0.2, 0) is 10.0 Å². The number of nitrogens with one attached hydrogen (secondary N) is 1. The number of hydrogen-bond acceptors (Lipinski definition) is 3. The predicted molar refractivity (Wildman–Crippen MR) is 79.2 cm³/mol. The molecule has 20 heavy (non-hydrogen) atoms. The second-order valence-electron chi connectivity index (χ2n) is 4.55. The number of pyridine rings is 1. The molecule has 1 unspecified atom stereocenters. The zero-order valence-corrected chi connectivity index (χ0v) is 12.7. The van der Waals surface area contributed by atoms with Gasteiger partial charge in [0.1, 0.15) is 10.0 Å². The van der Waals surface area contributed by atoms with Gasteiger partial charge in [-0.2, -0.15) is 0 Å². The van der Waals surface area contributed by atoms with Crippen molar-refractivity contribution in [2.75, 3.05) is 0 Å². The van der Waals surface area contributed by atoms with E-state index in [1.54, 1.807) is 6.92 Å². The maximum atomic E-state index is 12.3. The summed E-state index contributed by atoms with van der Waals surface area (Å²) in [6, 6.07) is 10.3. The molecule has 1 atom stereocenters. The van der Waals surface area contributed by atoms with Gasteiger partial charge in [0, 0.05) is 12.2 Å². The highest BCUT2D eigenvalue weighted by atomic mass is 35.5. The Morgan fingerprint density at radius 1 is 1.20 bits per heavy atom. The molecule has 2 aromatic rings. The van der Waals surface area contributed by atoms with Crippen LogP contribution in [0.3, 0.4) is 0 Å². The van der Waals surface area contributed by atoms with Gasteiger partial charge < -0.3 is 0 Å². The van der Waals surface area contributed by atoms with E-state index < -0.39 is 10.0 Å². The summed E-state index contributed by atoms with van der Waals surface area (Å²) in [5, 5.41) is -0.0314. The molecular weight excluding hydrogens is 296 g/mol. The van der Waals surface area contributed by atoms with Crippen LogP contribution in [0, 0.1) is 6.92 Å². The molecule has 0 aliphatic rings. The number of sulfonamides is 1. The molecule has 1 heterocycles. The molecule has 1 aromatic carbocycles. The molecule has 6 heteroatoms. The monoisotopic (exact) mass is 310 g/mol. The lowest BCUT2D eigenvalue weighted by Crippen LogP contribution is -2.27. The van der Waals surface area contributed by atoms with Crippen LogP contribution < -0.4 is 4.72 Å². The minimum absolute atomic E-state index is 0.0133. The highest BCUT2D eigenvalue weighted by molar-refractivity contribution is 7.89. The van der Waals surface area contributed by atoms with Crippen molar-refractivity contribution in [2.45, 2.75) is 24.8 Å². The zero-order valence-electron chi connectivity index (χ0n) is 11.2. The third kappa shape index (κ3) is 3.36. The second kappa shape index (κ2) is 5.91. The summed E-state index contributed by atoms with van der Waals surface area (Å²) in [5.41, 5.74) is 2.01. The van der Waals surface area contributed by atoms with Gasteiger partial charge in [0.2, 0.25) is 10.0 Å². The van der Waals surface area contributed by atoms with E-state index in [2.05, 4.69) is 9.71 Å². The fourth-order valence-corrected chi connectivity index (χ4v) is 3.48. The molecule has 0 saturated carbocycles. The fourth-order valence-electron chi connectivity index (χ4n) is 1.79. The van der Waals surface area contributed by atoms with Crippen molar-refractivity contribution in [1.29, 1.82) is 0 Å². The molecule has 0 bridgehead atoms. The van der Waals surface area contributed by atoms with Crippen molar-refractivity contribution in [3.8, 4) is 0 Å². The number of aryl methyl sites for hydroxylation is 1. The number of hydrogen-bond donors (Lipinski definition) is 1. The number of nitrogens with zero attached hydrogens (tertiary/aromatic N) is 1. The van der Waals surface area contributed by atoms with Gasteiger partial charge >= 0.3 is 0 Å². The summed E-state index contributed by atoms with van der Waals surface area (Å²) in [6.07, 6.45) is 1.45. The van der Waals surface area contributed by atoms with Crippen LogP contribution in [0.25, 0.3) is 0 Å². The molecule has 0 aliphatic heterocycles. The van der Waals surface area contributed by atoms with Crippen LogP contribution in [0.2, 0.25) is 5.15 Å². The first-order chi connectivity index (χ1) is 9.40. The van der Waals surface area contributed by atoms with Gasteiger partial charge in [-0.25, -0.2) is 18.1 Å². The van der Waals surface area contributed by atoms with Gasteiger partial charge in [0.15, 0.2) is 0 Å². The molecular formula is C14H15ClN2O2S. The van der Waals surface area contributed by atoms with Crippen LogP contribution in [0.5, 0.6) is 0 Å². The Bertz CT molecular complexity index is 699. The Hall–Kier alpha value is -1.43. The number of aromatic nitrogens is 1. The Labute approximate surface area is 123 Å². The first-order valence-electron chi connectivity index (χ1n) is 6.09. The molecule has 1 N–H and O–H groups in total. The van der Waals surface area contributed by atoms with Gasteiger partial charge in [0.25, 0.3) is 0 Å². The second-order valence-corrected chi connectivity index (χ2v) is 6.59. The molecule has 4 nitrogen and oxygen atoms in total. The van der Waals surface area contributed by atoms with E-state index in [-0.39, 0.29) is 16.1 Å². The quantitative estimate of drug-likeness (QED) is 0.883. The number of halogens is 1. The molecule has 0 spiro atoms. The Morgan fingerprint density at radius 3 is 2.45 bits per heavy atom. The zero-order chi connectivity index (χ0) is 14.8. The minimum Gasteiger partial charge on any atom is -0.243 e. The van der Waals surface area contributed by atoms with E-state index >= 15 is 0 Å². The lowest BCUT2D eigenvalue weighted by atomic mass is 10.1. The molecule has 0 amide bonds. The van der Waals surface area contributed by atoms with Crippen molar-refractivity contribution in [2.24, 2.45) is 0 Å². The maximum absolute atomic E-state index is 12.3. The van der Waals surface area contributed by atoms with Crippen LogP contribution in [0.15, 0.2) is 47.5 Å². The van der Waals surface area contributed by atoms with Gasteiger partial charge in [0.05, 0.1) is 0 Å². The molecule has 1 aromatic heterocycles. The van der Waals surface area contributed by atoms with Gasteiger partial charge in [-0.3, -0.25) is 0 Å². The number of benzene rings is 1. The maximum Gasteiger partial charge on any atom is 0.244 e. The Kier molecular flexibility index (Phi) is 4.42. The molecule has 0 radical (unpaired) electrons. The highest BCUT2D eigenvalue weighted by Gasteiger charge is 2.21. The van der Waals surface area contributed by atoms with Crippen LogP contribution in [0.4, 0.5) is 0 Å². The van der Waals surface area contributed by atoms with Crippen LogP contribution in [-0.4, -0.2) is 13.4 Å². The Morgan fingerprint density at radius 2 is 1.85 bits per heavy atom. The van der Waals surface area contributed by atoms with E-state index in [0.717, 1.165) is 11.1 Å². The van der Waals surface area contributed by atoms with Crippen molar-refractivity contribution >= 4 is 21.6 Å². The summed E-state index contributed by atoms with van der Waals surface area (Å²) in [7, 11) is -3.69. The fraction of sp³-hybridized carbons (Fsp3) is 0.214. The standard InChI is InChI=1S/C14H15ClN2O2S/c1-10-5-7-12(8-6-10)11(2)17-20(18,19)13-4-3-9-16-14(13)15/h3-9,11,17H,1-2H3. The summed E-state index contributed by atoms with van der Waals surface area (Å²) in [6.45, 7) is 3.76. The summed E-state index contributed by atoms with van der Waals surface area (Å²) in [5.74, 6) is 0. The van der Waals surface area contributed by atoms with Crippen molar-refractivity contribution in [3.63, 3.8) is 0 Å². The molecule has 106 valence electrons. The van der Waals surface area contributed by atoms with Crippen molar-refractivity contribution < 1.29 is 8.42 Å². The number of rotatable bonds is 4. The molecule has 2 rings (SSSR count). The molecule has 0 saturated heterocycles. The van der Waals surface area contributed by atoms with Gasteiger partial charge in [-0.05, 0) is 31.5 Å². The molecule has 0 fully saturated rings. The van der Waals surface area contributed by atoms with Crippen molar-refractivity contribution in [3.05, 3.63) is 58.9 Å². The summed E-state index contributed by atoms with van der Waals surface area (Å²) in [4.78, 5) is 3.77. The smallest absolute Gasteiger partial charge is 0.243 e. The van der Waals surface area contributed by atoms with E-state index in [9.17, 15) is 8.42 Å². The third-order valence-corrected chi connectivity index (χ3v) is 4.91. The summed E-state index contributed by atoms with van der Waals surface area (Å²) >= 11 is 5.83. The predicted octanol–water partition coefficient (Wildman–Crippen LogP) is 3.08. The average molecular weight is 311 g/mol. The van der Waals surface area contributed by atoms with Crippen LogP contribution >= 0.6 is 11.6 Å². The molecule has 0 aliphatic carbocycles. The largest absolute Gasteiger partial charge is 0.244 e. The van der Waals surface area contributed by atoms with Gasteiger partial charge in [-0.1, -0.05) is 41.4 Å². The minimum atomic E-state index is -3.69. The lowest BCUT2D eigenvalue weighted by molar-refractivity contribution is 0.566. The summed E-state index contributed by atoms with van der Waals surface area (Å²) < 4.78 is 27.1. The lowest BCUT2D eigenvalue weighted by Gasteiger charge is -2.15. The van der Waals surface area contributed by atoms with E-state index in [4.69, 9.17) is 11.6 Å². The van der Waals surface area contributed by atoms with Gasteiger partial charge in [-0.15, -0.1) is 0 Å².